The van der Waals surface area contributed by atoms with Crippen molar-refractivity contribution in [3.63, 3.8) is 0 Å². The maximum absolute atomic E-state index is 6.10. The van der Waals surface area contributed by atoms with Crippen LogP contribution in [0, 0.1) is 0 Å². The van der Waals surface area contributed by atoms with Crippen LogP contribution in [0.5, 0.6) is 0 Å². The Balaban J connectivity index is 2.33. The summed E-state index contributed by atoms with van der Waals surface area (Å²) in [7, 11) is 0. The molecule has 1 atom stereocenters. The molecule has 1 aliphatic heterocycles. The van der Waals surface area contributed by atoms with Crippen LogP contribution < -0.4 is 5.32 Å². The summed E-state index contributed by atoms with van der Waals surface area (Å²) in [5.41, 5.74) is 1.13. The van der Waals surface area contributed by atoms with Gasteiger partial charge in [0.1, 0.15) is 0 Å². The van der Waals surface area contributed by atoms with E-state index in [0.29, 0.717) is 16.1 Å². The third kappa shape index (κ3) is 1.83. The van der Waals surface area contributed by atoms with Gasteiger partial charge in [-0.05, 0) is 31.0 Å². The van der Waals surface area contributed by atoms with Crippen LogP contribution in [0.4, 0.5) is 0 Å². The molecule has 2 rings (SSSR count). The van der Waals surface area contributed by atoms with Gasteiger partial charge in [0.15, 0.2) is 0 Å². The minimum atomic E-state index is 0.395. The van der Waals surface area contributed by atoms with Crippen LogP contribution in [0.25, 0.3) is 0 Å². The van der Waals surface area contributed by atoms with Crippen molar-refractivity contribution >= 4 is 23.2 Å². The molecule has 0 bridgehead atoms. The second-order valence-corrected chi connectivity index (χ2v) is 4.08. The van der Waals surface area contributed by atoms with Crippen LogP contribution >= 0.6 is 23.2 Å². The Hall–Kier alpha value is -0.240. The topological polar surface area (TPSA) is 12.0 Å². The van der Waals surface area contributed by atoms with Gasteiger partial charge in [-0.1, -0.05) is 35.3 Å². The molecule has 0 radical (unpaired) electrons. The SMILES string of the molecule is Clc1cccc(C2CCCN2)c1Cl. The van der Waals surface area contributed by atoms with Gasteiger partial charge in [-0.3, -0.25) is 0 Å². The Labute approximate surface area is 88.0 Å². The average molecular weight is 216 g/mol. The number of rotatable bonds is 1. The Kier molecular flexibility index (Phi) is 2.77. The van der Waals surface area contributed by atoms with E-state index in [2.05, 4.69) is 5.32 Å². The van der Waals surface area contributed by atoms with Gasteiger partial charge in [0.05, 0.1) is 10.0 Å². The van der Waals surface area contributed by atoms with Gasteiger partial charge >= 0.3 is 0 Å². The minimum absolute atomic E-state index is 0.395. The molecule has 3 heteroatoms. The van der Waals surface area contributed by atoms with Gasteiger partial charge in [-0.15, -0.1) is 0 Å². The van der Waals surface area contributed by atoms with Crippen molar-refractivity contribution in [1.29, 1.82) is 0 Å². The monoisotopic (exact) mass is 215 g/mol. The Morgan fingerprint density at radius 3 is 2.85 bits per heavy atom. The molecule has 0 amide bonds. The molecule has 1 heterocycles. The summed E-state index contributed by atoms with van der Waals surface area (Å²) >= 11 is 12.0. The van der Waals surface area contributed by atoms with E-state index < -0.39 is 0 Å². The highest BCUT2D eigenvalue weighted by atomic mass is 35.5. The Morgan fingerprint density at radius 1 is 1.31 bits per heavy atom. The molecule has 1 fully saturated rings. The van der Waals surface area contributed by atoms with Crippen LogP contribution in [-0.4, -0.2) is 6.54 Å². The molecule has 0 aromatic heterocycles. The molecule has 70 valence electrons. The normalized spacial score (nSPS) is 22.2. The zero-order chi connectivity index (χ0) is 9.26. The van der Waals surface area contributed by atoms with Gasteiger partial charge in [-0.2, -0.15) is 0 Å². The second-order valence-electron chi connectivity index (χ2n) is 3.29. The maximum Gasteiger partial charge on any atom is 0.0640 e. The predicted octanol–water partition coefficient (Wildman–Crippen LogP) is 3.42. The zero-order valence-corrected chi connectivity index (χ0v) is 8.70. The van der Waals surface area contributed by atoms with E-state index in [0.717, 1.165) is 18.5 Å². The minimum Gasteiger partial charge on any atom is -0.310 e. The van der Waals surface area contributed by atoms with Gasteiger partial charge in [-0.25, -0.2) is 0 Å². The first-order chi connectivity index (χ1) is 6.29. The van der Waals surface area contributed by atoms with E-state index in [-0.39, 0.29) is 0 Å². The van der Waals surface area contributed by atoms with E-state index in [1.807, 2.05) is 18.2 Å². The fourth-order valence-corrected chi connectivity index (χ4v) is 2.18. The molecule has 0 aliphatic carbocycles. The van der Waals surface area contributed by atoms with Crippen LogP contribution in [0.3, 0.4) is 0 Å². The van der Waals surface area contributed by atoms with Crippen molar-refractivity contribution in [2.45, 2.75) is 18.9 Å². The van der Waals surface area contributed by atoms with Crippen molar-refractivity contribution in [1.82, 2.24) is 5.32 Å². The first kappa shape index (κ1) is 9.32. The van der Waals surface area contributed by atoms with E-state index >= 15 is 0 Å². The molecule has 1 nitrogen and oxygen atoms in total. The third-order valence-electron chi connectivity index (χ3n) is 2.42. The number of halogens is 2. The highest BCUT2D eigenvalue weighted by Gasteiger charge is 2.19. The van der Waals surface area contributed by atoms with E-state index in [4.69, 9.17) is 23.2 Å². The molecule has 1 aromatic carbocycles. The number of benzene rings is 1. The molecule has 0 saturated carbocycles. The summed E-state index contributed by atoms with van der Waals surface area (Å²) in [4.78, 5) is 0. The van der Waals surface area contributed by atoms with E-state index in [1.165, 1.54) is 6.42 Å². The van der Waals surface area contributed by atoms with Crippen LogP contribution in [0.1, 0.15) is 24.4 Å². The third-order valence-corrected chi connectivity index (χ3v) is 3.25. The predicted molar refractivity (Wildman–Crippen MR) is 56.4 cm³/mol. The van der Waals surface area contributed by atoms with E-state index in [1.54, 1.807) is 0 Å². The first-order valence-corrected chi connectivity index (χ1v) is 5.22. The van der Waals surface area contributed by atoms with Gasteiger partial charge in [0.25, 0.3) is 0 Å². The lowest BCUT2D eigenvalue weighted by Gasteiger charge is -2.12. The van der Waals surface area contributed by atoms with Crippen molar-refractivity contribution in [3.05, 3.63) is 33.8 Å². The summed E-state index contributed by atoms with van der Waals surface area (Å²) in [5.74, 6) is 0. The van der Waals surface area contributed by atoms with Crippen molar-refractivity contribution in [3.8, 4) is 0 Å². The second kappa shape index (κ2) is 3.87. The molecule has 13 heavy (non-hydrogen) atoms. The van der Waals surface area contributed by atoms with Gasteiger partial charge in [0.2, 0.25) is 0 Å². The molecule has 1 N–H and O–H groups in total. The fraction of sp³-hybridized carbons (Fsp3) is 0.400. The molecule has 1 saturated heterocycles. The highest BCUT2D eigenvalue weighted by Crippen LogP contribution is 2.33. The highest BCUT2D eigenvalue weighted by molar-refractivity contribution is 6.42. The van der Waals surface area contributed by atoms with Crippen LogP contribution in [-0.2, 0) is 0 Å². The maximum atomic E-state index is 6.10. The fourth-order valence-electron chi connectivity index (χ4n) is 1.74. The average Bonchev–Trinajstić information content (AvgIpc) is 2.62. The van der Waals surface area contributed by atoms with Crippen molar-refractivity contribution in [2.24, 2.45) is 0 Å². The standard InChI is InChI=1S/C10H11Cl2N/c11-8-4-1-3-7(10(8)12)9-5-2-6-13-9/h1,3-4,9,13H,2,5-6H2. The molecular formula is C10H11Cl2N. The number of hydrogen-bond donors (Lipinski definition) is 1. The lowest BCUT2D eigenvalue weighted by Crippen LogP contribution is -2.13. The van der Waals surface area contributed by atoms with Crippen molar-refractivity contribution in [2.75, 3.05) is 6.54 Å². The summed E-state index contributed by atoms with van der Waals surface area (Å²) < 4.78 is 0. The molecule has 1 unspecified atom stereocenters. The lowest BCUT2D eigenvalue weighted by molar-refractivity contribution is 0.648. The Morgan fingerprint density at radius 2 is 2.15 bits per heavy atom. The largest absolute Gasteiger partial charge is 0.310 e. The first-order valence-electron chi connectivity index (χ1n) is 4.46. The smallest absolute Gasteiger partial charge is 0.0640 e. The van der Waals surface area contributed by atoms with Crippen molar-refractivity contribution < 1.29 is 0 Å². The van der Waals surface area contributed by atoms with Gasteiger partial charge in [0, 0.05) is 6.04 Å². The molecule has 1 aromatic rings. The molecule has 0 spiro atoms. The zero-order valence-electron chi connectivity index (χ0n) is 7.19. The number of nitrogens with one attached hydrogen (secondary N) is 1. The molecule has 1 aliphatic rings. The summed E-state index contributed by atoms with van der Waals surface area (Å²) in [6.45, 7) is 1.08. The summed E-state index contributed by atoms with van der Waals surface area (Å²) in [5, 5.41) is 4.74. The molecular weight excluding hydrogens is 205 g/mol. The van der Waals surface area contributed by atoms with E-state index in [9.17, 15) is 0 Å². The summed E-state index contributed by atoms with van der Waals surface area (Å²) in [6.07, 6.45) is 2.37. The Bertz CT molecular complexity index is 306. The van der Waals surface area contributed by atoms with Gasteiger partial charge < -0.3 is 5.32 Å². The number of hydrogen-bond acceptors (Lipinski definition) is 1. The lowest BCUT2D eigenvalue weighted by atomic mass is 10.1. The van der Waals surface area contributed by atoms with Crippen LogP contribution in [0.15, 0.2) is 18.2 Å². The quantitative estimate of drug-likeness (QED) is 0.758. The summed E-state index contributed by atoms with van der Waals surface area (Å²) in [6, 6.07) is 6.20. The van der Waals surface area contributed by atoms with Crippen LogP contribution in [0.2, 0.25) is 10.0 Å².